The van der Waals surface area contributed by atoms with E-state index in [-0.39, 0.29) is 6.04 Å². The molecule has 0 bridgehead atoms. The van der Waals surface area contributed by atoms with Gasteiger partial charge in [0.05, 0.1) is 6.04 Å². The van der Waals surface area contributed by atoms with Crippen LogP contribution >= 0.6 is 11.6 Å². The van der Waals surface area contributed by atoms with Crippen LogP contribution in [0.15, 0.2) is 28.7 Å². The highest BCUT2D eigenvalue weighted by Crippen LogP contribution is 2.29. The van der Waals surface area contributed by atoms with Gasteiger partial charge >= 0.3 is 0 Å². The molecule has 102 valence electrons. The molecule has 2 rings (SSSR count). The average molecular weight is 278 g/mol. The van der Waals surface area contributed by atoms with Gasteiger partial charge in [-0.15, -0.1) is 0 Å². The predicted molar refractivity (Wildman–Crippen MR) is 79.9 cm³/mol. The molecule has 1 aromatic carbocycles. The van der Waals surface area contributed by atoms with Crippen molar-refractivity contribution < 1.29 is 4.42 Å². The molecule has 19 heavy (non-hydrogen) atoms. The second kappa shape index (κ2) is 5.81. The second-order valence-corrected chi connectivity index (χ2v) is 5.36. The number of hydrogen-bond acceptors (Lipinski definition) is 2. The van der Waals surface area contributed by atoms with Crippen LogP contribution in [-0.4, -0.2) is 6.54 Å². The molecule has 0 fully saturated rings. The first-order chi connectivity index (χ1) is 9.01. The lowest BCUT2D eigenvalue weighted by atomic mass is 9.97. The standard InChI is InChI=1S/C16H20ClNO/c1-5-18-16(15-8-11(3)19-12(15)4)13-6-10(2)7-14(17)9-13/h6-9,16,18H,5H2,1-4H3. The van der Waals surface area contributed by atoms with E-state index in [0.29, 0.717) is 0 Å². The third-order valence-electron chi connectivity index (χ3n) is 3.20. The molecule has 0 aliphatic carbocycles. The number of furan rings is 1. The zero-order valence-corrected chi connectivity index (χ0v) is 12.6. The van der Waals surface area contributed by atoms with Gasteiger partial charge in [0.25, 0.3) is 0 Å². The van der Waals surface area contributed by atoms with E-state index in [0.717, 1.165) is 23.1 Å². The Hall–Kier alpha value is -1.25. The fraction of sp³-hybridized carbons (Fsp3) is 0.375. The lowest BCUT2D eigenvalue weighted by molar-refractivity contribution is 0.495. The van der Waals surface area contributed by atoms with Crippen LogP contribution in [0.5, 0.6) is 0 Å². The molecule has 1 unspecified atom stereocenters. The average Bonchev–Trinajstić information content (AvgIpc) is 2.64. The van der Waals surface area contributed by atoms with Crippen molar-refractivity contribution in [2.24, 2.45) is 0 Å². The number of rotatable bonds is 4. The molecule has 0 aliphatic rings. The Kier molecular flexibility index (Phi) is 4.33. The van der Waals surface area contributed by atoms with Crippen molar-refractivity contribution in [3.05, 3.63) is 57.5 Å². The highest BCUT2D eigenvalue weighted by molar-refractivity contribution is 6.30. The molecule has 1 atom stereocenters. The lowest BCUT2D eigenvalue weighted by Crippen LogP contribution is -2.22. The molecular formula is C16H20ClNO. The van der Waals surface area contributed by atoms with Gasteiger partial charge in [-0.05, 0) is 56.6 Å². The summed E-state index contributed by atoms with van der Waals surface area (Å²) in [6, 6.07) is 8.38. The Morgan fingerprint density at radius 1 is 1.16 bits per heavy atom. The van der Waals surface area contributed by atoms with E-state index in [1.54, 1.807) is 0 Å². The largest absolute Gasteiger partial charge is 0.466 e. The van der Waals surface area contributed by atoms with E-state index in [4.69, 9.17) is 16.0 Å². The van der Waals surface area contributed by atoms with Gasteiger partial charge in [-0.2, -0.15) is 0 Å². The number of hydrogen-bond donors (Lipinski definition) is 1. The highest BCUT2D eigenvalue weighted by atomic mass is 35.5. The summed E-state index contributed by atoms with van der Waals surface area (Å²) < 4.78 is 5.65. The van der Waals surface area contributed by atoms with Crippen molar-refractivity contribution in [1.29, 1.82) is 0 Å². The van der Waals surface area contributed by atoms with Crippen LogP contribution in [0.2, 0.25) is 5.02 Å². The molecule has 1 N–H and O–H groups in total. The van der Waals surface area contributed by atoms with Gasteiger partial charge in [-0.3, -0.25) is 0 Å². The maximum atomic E-state index is 6.18. The smallest absolute Gasteiger partial charge is 0.106 e. The molecule has 1 heterocycles. The zero-order valence-electron chi connectivity index (χ0n) is 11.9. The third-order valence-corrected chi connectivity index (χ3v) is 3.41. The van der Waals surface area contributed by atoms with Gasteiger partial charge in [0, 0.05) is 10.6 Å². The summed E-state index contributed by atoms with van der Waals surface area (Å²) in [6.45, 7) is 9.03. The minimum absolute atomic E-state index is 0.125. The topological polar surface area (TPSA) is 25.2 Å². The highest BCUT2D eigenvalue weighted by Gasteiger charge is 2.18. The molecule has 2 aromatic rings. The quantitative estimate of drug-likeness (QED) is 0.886. The fourth-order valence-electron chi connectivity index (χ4n) is 2.48. The van der Waals surface area contributed by atoms with Gasteiger partial charge in [0.15, 0.2) is 0 Å². The van der Waals surface area contributed by atoms with Crippen LogP contribution in [0.1, 0.15) is 41.2 Å². The van der Waals surface area contributed by atoms with Crippen LogP contribution in [0.25, 0.3) is 0 Å². The maximum absolute atomic E-state index is 6.18. The minimum atomic E-state index is 0.125. The molecule has 0 saturated carbocycles. The van der Waals surface area contributed by atoms with Crippen molar-refractivity contribution in [2.45, 2.75) is 33.7 Å². The van der Waals surface area contributed by atoms with Gasteiger partial charge in [-0.1, -0.05) is 24.6 Å². The minimum Gasteiger partial charge on any atom is -0.466 e. The fourth-order valence-corrected chi connectivity index (χ4v) is 2.78. The van der Waals surface area contributed by atoms with Crippen molar-refractivity contribution in [3.8, 4) is 0 Å². The maximum Gasteiger partial charge on any atom is 0.106 e. The first-order valence-corrected chi connectivity index (χ1v) is 6.96. The number of nitrogens with one attached hydrogen (secondary N) is 1. The summed E-state index contributed by atoms with van der Waals surface area (Å²) in [5.41, 5.74) is 3.53. The van der Waals surface area contributed by atoms with E-state index in [2.05, 4.69) is 31.3 Å². The monoisotopic (exact) mass is 277 g/mol. The summed E-state index contributed by atoms with van der Waals surface area (Å²) in [7, 11) is 0. The molecule has 0 radical (unpaired) electrons. The van der Waals surface area contributed by atoms with Crippen LogP contribution in [0.3, 0.4) is 0 Å². The summed E-state index contributed by atoms with van der Waals surface area (Å²) in [6.07, 6.45) is 0. The molecule has 2 nitrogen and oxygen atoms in total. The van der Waals surface area contributed by atoms with Crippen molar-refractivity contribution in [1.82, 2.24) is 5.32 Å². The summed E-state index contributed by atoms with van der Waals surface area (Å²) in [5, 5.41) is 4.28. The molecule has 1 aromatic heterocycles. The molecule has 0 amide bonds. The first kappa shape index (κ1) is 14.2. The van der Waals surface area contributed by atoms with E-state index in [1.807, 2.05) is 26.0 Å². The van der Waals surface area contributed by atoms with E-state index >= 15 is 0 Å². The normalized spacial score (nSPS) is 12.7. The van der Waals surface area contributed by atoms with Crippen LogP contribution in [0, 0.1) is 20.8 Å². The first-order valence-electron chi connectivity index (χ1n) is 6.58. The Balaban J connectivity index is 2.47. The number of aryl methyl sites for hydroxylation is 3. The van der Waals surface area contributed by atoms with Crippen LogP contribution < -0.4 is 5.32 Å². The molecular weight excluding hydrogens is 258 g/mol. The summed E-state index contributed by atoms with van der Waals surface area (Å²) in [4.78, 5) is 0. The Morgan fingerprint density at radius 2 is 1.89 bits per heavy atom. The second-order valence-electron chi connectivity index (χ2n) is 4.92. The van der Waals surface area contributed by atoms with E-state index in [1.165, 1.54) is 16.7 Å². The van der Waals surface area contributed by atoms with Crippen molar-refractivity contribution in [3.63, 3.8) is 0 Å². The molecule has 0 aliphatic heterocycles. The van der Waals surface area contributed by atoms with Crippen molar-refractivity contribution >= 4 is 11.6 Å². The zero-order chi connectivity index (χ0) is 14.0. The van der Waals surface area contributed by atoms with Crippen LogP contribution in [0.4, 0.5) is 0 Å². The Bertz CT molecular complexity index is 554. The number of benzene rings is 1. The Morgan fingerprint density at radius 3 is 2.42 bits per heavy atom. The summed E-state index contributed by atoms with van der Waals surface area (Å²) >= 11 is 6.18. The van der Waals surface area contributed by atoms with Gasteiger partial charge < -0.3 is 9.73 Å². The number of halogens is 1. The van der Waals surface area contributed by atoms with Crippen molar-refractivity contribution in [2.75, 3.05) is 6.54 Å². The SMILES string of the molecule is CCNC(c1cc(C)cc(Cl)c1)c1cc(C)oc1C. The molecule has 0 spiro atoms. The van der Waals surface area contributed by atoms with E-state index < -0.39 is 0 Å². The van der Waals surface area contributed by atoms with E-state index in [9.17, 15) is 0 Å². The predicted octanol–water partition coefficient (Wildman–Crippen LogP) is 4.56. The lowest BCUT2D eigenvalue weighted by Gasteiger charge is -2.19. The van der Waals surface area contributed by atoms with Gasteiger partial charge in [0.2, 0.25) is 0 Å². The summed E-state index contributed by atoms with van der Waals surface area (Å²) in [5.74, 6) is 1.90. The molecule has 0 saturated heterocycles. The van der Waals surface area contributed by atoms with Crippen LogP contribution in [-0.2, 0) is 0 Å². The Labute approximate surface area is 119 Å². The third kappa shape index (κ3) is 3.20. The van der Waals surface area contributed by atoms with Gasteiger partial charge in [-0.25, -0.2) is 0 Å². The molecule has 3 heteroatoms. The van der Waals surface area contributed by atoms with Gasteiger partial charge in [0.1, 0.15) is 11.5 Å².